The number of fused-ring (bicyclic) bond motifs is 1. The summed E-state index contributed by atoms with van der Waals surface area (Å²) in [6.45, 7) is 3.38. The lowest BCUT2D eigenvalue weighted by Crippen LogP contribution is -2.43. The molecule has 0 saturated carbocycles. The summed E-state index contributed by atoms with van der Waals surface area (Å²) in [4.78, 5) is 14.0. The van der Waals surface area contributed by atoms with Crippen LogP contribution in [0.2, 0.25) is 0 Å². The highest BCUT2D eigenvalue weighted by molar-refractivity contribution is 5.90. The lowest BCUT2D eigenvalue weighted by Gasteiger charge is -2.25. The van der Waals surface area contributed by atoms with E-state index in [0.29, 0.717) is 24.9 Å². The molecule has 1 atom stereocenters. The smallest absolute Gasteiger partial charge is 0.354 e. The Labute approximate surface area is 160 Å². The van der Waals surface area contributed by atoms with Gasteiger partial charge in [-0.25, -0.2) is 9.97 Å². The molecular formula is C20H22F3N5. The van der Waals surface area contributed by atoms with Crippen LogP contribution in [0.5, 0.6) is 0 Å². The number of nitrogens with two attached hydrogens (primary N) is 1. The van der Waals surface area contributed by atoms with Gasteiger partial charge in [-0.2, -0.15) is 13.2 Å². The number of aryl methyl sites for hydroxylation is 2. The van der Waals surface area contributed by atoms with E-state index in [0.717, 1.165) is 41.4 Å². The van der Waals surface area contributed by atoms with E-state index in [2.05, 4.69) is 19.9 Å². The second-order valence-electron chi connectivity index (χ2n) is 7.62. The molecule has 1 fully saturated rings. The minimum Gasteiger partial charge on any atom is -0.354 e. The largest absolute Gasteiger partial charge is 0.416 e. The molecule has 5 nitrogen and oxygen atoms in total. The molecule has 1 aliphatic rings. The number of hydrogen-bond acceptors (Lipinski definition) is 4. The Balaban J connectivity index is 1.48. The van der Waals surface area contributed by atoms with Gasteiger partial charge in [0.1, 0.15) is 17.8 Å². The number of halogens is 3. The first-order valence-electron chi connectivity index (χ1n) is 9.24. The van der Waals surface area contributed by atoms with E-state index in [1.807, 2.05) is 13.1 Å². The van der Waals surface area contributed by atoms with Crippen molar-refractivity contribution in [1.29, 1.82) is 0 Å². The molecule has 3 aromatic rings. The number of benzene rings is 1. The molecule has 3 N–H and O–H groups in total. The topological polar surface area (TPSA) is 70.8 Å². The first-order valence-corrected chi connectivity index (χ1v) is 9.24. The van der Waals surface area contributed by atoms with Crippen LogP contribution < -0.4 is 10.6 Å². The van der Waals surface area contributed by atoms with Gasteiger partial charge in [-0.3, -0.25) is 0 Å². The number of alkyl halides is 3. The van der Waals surface area contributed by atoms with Crippen LogP contribution in [-0.4, -0.2) is 33.6 Å². The molecule has 148 valence electrons. The molecule has 28 heavy (non-hydrogen) atoms. The van der Waals surface area contributed by atoms with Gasteiger partial charge in [0.05, 0.1) is 10.9 Å². The van der Waals surface area contributed by atoms with E-state index in [1.54, 1.807) is 6.07 Å². The molecule has 2 aromatic heterocycles. The highest BCUT2D eigenvalue weighted by Crippen LogP contribution is 2.33. The zero-order valence-electron chi connectivity index (χ0n) is 15.6. The number of anilines is 1. The summed E-state index contributed by atoms with van der Waals surface area (Å²) in [7, 11) is 0. The highest BCUT2D eigenvalue weighted by Gasteiger charge is 2.36. The summed E-state index contributed by atoms with van der Waals surface area (Å²) in [5.41, 5.74) is 8.05. The SMILES string of the molecule is Cc1c[nH]c2ncnc(N3CCC(N)(CCc4cccc(C(F)(F)F)c4)C3)c12. The third-order valence-corrected chi connectivity index (χ3v) is 5.50. The molecule has 1 saturated heterocycles. The third kappa shape index (κ3) is 3.56. The van der Waals surface area contributed by atoms with Gasteiger partial charge in [-0.1, -0.05) is 18.2 Å². The van der Waals surface area contributed by atoms with Crippen LogP contribution in [-0.2, 0) is 12.6 Å². The van der Waals surface area contributed by atoms with Crippen molar-refractivity contribution in [2.75, 3.05) is 18.0 Å². The lowest BCUT2D eigenvalue weighted by atomic mass is 9.91. The van der Waals surface area contributed by atoms with Crippen molar-refractivity contribution in [3.63, 3.8) is 0 Å². The van der Waals surface area contributed by atoms with Gasteiger partial charge >= 0.3 is 6.18 Å². The Hall–Kier alpha value is -2.61. The molecule has 3 heterocycles. The van der Waals surface area contributed by atoms with Gasteiger partial charge in [-0.15, -0.1) is 0 Å². The maximum atomic E-state index is 12.9. The lowest BCUT2D eigenvalue weighted by molar-refractivity contribution is -0.137. The fraction of sp³-hybridized carbons (Fsp3) is 0.400. The van der Waals surface area contributed by atoms with Crippen molar-refractivity contribution in [2.45, 2.75) is 37.9 Å². The van der Waals surface area contributed by atoms with Crippen molar-refractivity contribution in [3.05, 3.63) is 53.5 Å². The maximum absolute atomic E-state index is 12.9. The van der Waals surface area contributed by atoms with E-state index in [1.165, 1.54) is 18.5 Å². The van der Waals surface area contributed by atoms with Crippen LogP contribution in [0.3, 0.4) is 0 Å². The summed E-state index contributed by atoms with van der Waals surface area (Å²) >= 11 is 0. The predicted molar refractivity (Wildman–Crippen MR) is 102 cm³/mol. The molecule has 0 aliphatic carbocycles. The summed E-state index contributed by atoms with van der Waals surface area (Å²) in [5.74, 6) is 0.857. The highest BCUT2D eigenvalue weighted by atomic mass is 19.4. The van der Waals surface area contributed by atoms with Crippen molar-refractivity contribution >= 4 is 16.9 Å². The second-order valence-corrected chi connectivity index (χ2v) is 7.62. The van der Waals surface area contributed by atoms with E-state index in [-0.39, 0.29) is 0 Å². The summed E-state index contributed by atoms with van der Waals surface area (Å²) in [6.07, 6.45) is 1.01. The number of rotatable bonds is 4. The summed E-state index contributed by atoms with van der Waals surface area (Å²) in [5, 5.41) is 0.990. The van der Waals surface area contributed by atoms with Crippen LogP contribution in [0.15, 0.2) is 36.8 Å². The maximum Gasteiger partial charge on any atom is 0.416 e. The van der Waals surface area contributed by atoms with E-state index in [4.69, 9.17) is 5.73 Å². The van der Waals surface area contributed by atoms with Crippen molar-refractivity contribution < 1.29 is 13.2 Å². The number of nitrogens with zero attached hydrogens (tertiary/aromatic N) is 3. The van der Waals surface area contributed by atoms with Gasteiger partial charge in [0.2, 0.25) is 0 Å². The molecule has 0 spiro atoms. The van der Waals surface area contributed by atoms with Crippen molar-refractivity contribution in [1.82, 2.24) is 15.0 Å². The van der Waals surface area contributed by atoms with Gasteiger partial charge in [0, 0.05) is 24.8 Å². The Kier molecular flexibility index (Phi) is 4.53. The standard InChI is InChI=1S/C20H22F3N5/c1-13-10-25-17-16(13)18(27-12-26-17)28-8-7-19(24,11-28)6-5-14-3-2-4-15(9-14)20(21,22)23/h2-4,9-10,12H,5-8,11,24H2,1H3,(H,25,26,27). The fourth-order valence-corrected chi connectivity index (χ4v) is 3.91. The van der Waals surface area contributed by atoms with Gasteiger partial charge in [0.15, 0.2) is 0 Å². The zero-order chi connectivity index (χ0) is 19.9. The average molecular weight is 389 g/mol. The first kappa shape index (κ1) is 18.7. The Morgan fingerprint density at radius 2 is 2.11 bits per heavy atom. The minimum atomic E-state index is -4.33. The second kappa shape index (κ2) is 6.77. The Bertz CT molecular complexity index is 997. The van der Waals surface area contributed by atoms with Gasteiger partial charge < -0.3 is 15.6 Å². The average Bonchev–Trinajstić information content (AvgIpc) is 3.24. The van der Waals surface area contributed by atoms with Gasteiger partial charge in [0.25, 0.3) is 0 Å². The van der Waals surface area contributed by atoms with E-state index < -0.39 is 17.3 Å². The molecule has 0 amide bonds. The molecule has 0 bridgehead atoms. The molecule has 4 rings (SSSR count). The van der Waals surface area contributed by atoms with E-state index >= 15 is 0 Å². The normalized spacial score (nSPS) is 20.2. The number of aromatic nitrogens is 3. The molecule has 1 unspecified atom stereocenters. The van der Waals surface area contributed by atoms with Crippen LogP contribution >= 0.6 is 0 Å². The number of nitrogens with one attached hydrogen (secondary N) is 1. The van der Waals surface area contributed by atoms with E-state index in [9.17, 15) is 13.2 Å². The third-order valence-electron chi connectivity index (χ3n) is 5.50. The predicted octanol–water partition coefficient (Wildman–Crippen LogP) is 3.83. The minimum absolute atomic E-state index is 0.463. The van der Waals surface area contributed by atoms with Crippen molar-refractivity contribution in [2.24, 2.45) is 5.73 Å². The van der Waals surface area contributed by atoms with Crippen LogP contribution in [0.1, 0.15) is 29.5 Å². The monoisotopic (exact) mass is 389 g/mol. The van der Waals surface area contributed by atoms with Gasteiger partial charge in [-0.05, 0) is 43.4 Å². The quantitative estimate of drug-likeness (QED) is 0.712. The Morgan fingerprint density at radius 3 is 2.89 bits per heavy atom. The van der Waals surface area contributed by atoms with Crippen molar-refractivity contribution in [3.8, 4) is 0 Å². The molecule has 1 aromatic carbocycles. The van der Waals surface area contributed by atoms with Crippen LogP contribution in [0.4, 0.5) is 19.0 Å². The Morgan fingerprint density at radius 1 is 1.29 bits per heavy atom. The number of H-pyrrole nitrogens is 1. The molecule has 8 heteroatoms. The summed E-state index contributed by atoms with van der Waals surface area (Å²) in [6, 6.07) is 5.49. The van der Waals surface area contributed by atoms with Crippen LogP contribution in [0, 0.1) is 6.92 Å². The molecule has 1 aliphatic heterocycles. The fourth-order valence-electron chi connectivity index (χ4n) is 3.91. The first-order chi connectivity index (χ1) is 13.3. The molecule has 0 radical (unpaired) electrons. The molecular weight excluding hydrogens is 367 g/mol. The summed E-state index contributed by atoms with van der Waals surface area (Å²) < 4.78 is 38.7. The van der Waals surface area contributed by atoms with Crippen LogP contribution in [0.25, 0.3) is 11.0 Å². The number of aromatic amines is 1. The number of hydrogen-bond donors (Lipinski definition) is 2. The zero-order valence-corrected chi connectivity index (χ0v) is 15.6.